The molecule has 0 saturated heterocycles. The lowest BCUT2D eigenvalue weighted by atomic mass is 10.1. The summed E-state index contributed by atoms with van der Waals surface area (Å²) in [5, 5.41) is 0. The summed E-state index contributed by atoms with van der Waals surface area (Å²) in [4.78, 5) is 2.47. The fourth-order valence-corrected chi connectivity index (χ4v) is 2.72. The normalized spacial score (nSPS) is 15.6. The molecule has 0 aliphatic carbocycles. The van der Waals surface area contributed by atoms with Crippen LogP contribution in [0.5, 0.6) is 0 Å². The van der Waals surface area contributed by atoms with Crippen molar-refractivity contribution < 1.29 is 0 Å². The molecule has 0 radical (unpaired) electrons. The van der Waals surface area contributed by atoms with Gasteiger partial charge in [0.1, 0.15) is 0 Å². The average molecular weight is 249 g/mol. The second-order valence-electron chi connectivity index (χ2n) is 5.81. The van der Waals surface area contributed by atoms with E-state index in [1.807, 2.05) is 0 Å². The van der Waals surface area contributed by atoms with Crippen molar-refractivity contribution in [2.24, 2.45) is 0 Å². The zero-order valence-electron chi connectivity index (χ0n) is 12.7. The minimum absolute atomic E-state index is 1.13. The minimum Gasteiger partial charge on any atom is -0.373 e. The Morgan fingerprint density at radius 3 is 2.17 bits per heavy atom. The number of nitrogens with zero attached hydrogens (tertiary/aromatic N) is 1. The SMILES string of the molecule is CCCCCCCCCCN1C=C(C)C=C(C)C1. The fourth-order valence-electron chi connectivity index (χ4n) is 2.72. The molecular weight excluding hydrogens is 218 g/mol. The summed E-state index contributed by atoms with van der Waals surface area (Å²) in [5.74, 6) is 0. The highest BCUT2D eigenvalue weighted by molar-refractivity contribution is 5.25. The van der Waals surface area contributed by atoms with Gasteiger partial charge in [0, 0.05) is 19.3 Å². The van der Waals surface area contributed by atoms with Gasteiger partial charge in [0.15, 0.2) is 0 Å². The van der Waals surface area contributed by atoms with Crippen molar-refractivity contribution in [3.8, 4) is 0 Å². The average Bonchev–Trinajstić information content (AvgIpc) is 2.31. The van der Waals surface area contributed by atoms with Crippen LogP contribution in [-0.4, -0.2) is 18.0 Å². The Kier molecular flexibility index (Phi) is 7.88. The van der Waals surface area contributed by atoms with Crippen molar-refractivity contribution in [1.82, 2.24) is 4.90 Å². The highest BCUT2D eigenvalue weighted by Crippen LogP contribution is 2.14. The zero-order chi connectivity index (χ0) is 13.2. The first kappa shape index (κ1) is 15.3. The van der Waals surface area contributed by atoms with Crippen LogP contribution in [0.3, 0.4) is 0 Å². The van der Waals surface area contributed by atoms with E-state index >= 15 is 0 Å². The second-order valence-corrected chi connectivity index (χ2v) is 5.81. The molecule has 1 aliphatic heterocycles. The van der Waals surface area contributed by atoms with E-state index in [0.717, 1.165) is 6.54 Å². The van der Waals surface area contributed by atoms with Crippen molar-refractivity contribution in [2.45, 2.75) is 72.1 Å². The maximum atomic E-state index is 2.47. The predicted molar refractivity (Wildman–Crippen MR) is 81.7 cm³/mol. The third-order valence-corrected chi connectivity index (χ3v) is 3.61. The maximum Gasteiger partial charge on any atom is 0.0384 e. The summed E-state index contributed by atoms with van der Waals surface area (Å²) < 4.78 is 0. The molecule has 0 amide bonds. The number of unbranched alkanes of at least 4 members (excludes halogenated alkanes) is 7. The van der Waals surface area contributed by atoms with E-state index < -0.39 is 0 Å². The number of hydrogen-bond donors (Lipinski definition) is 0. The minimum atomic E-state index is 1.13. The van der Waals surface area contributed by atoms with E-state index in [9.17, 15) is 0 Å². The van der Waals surface area contributed by atoms with E-state index in [-0.39, 0.29) is 0 Å². The van der Waals surface area contributed by atoms with E-state index in [2.05, 4.69) is 37.9 Å². The molecule has 18 heavy (non-hydrogen) atoms. The van der Waals surface area contributed by atoms with Crippen LogP contribution < -0.4 is 0 Å². The van der Waals surface area contributed by atoms with Gasteiger partial charge in [-0.1, -0.05) is 63.5 Å². The van der Waals surface area contributed by atoms with Gasteiger partial charge >= 0.3 is 0 Å². The van der Waals surface area contributed by atoms with Gasteiger partial charge in [-0.15, -0.1) is 0 Å². The first-order valence-electron chi connectivity index (χ1n) is 7.82. The Hall–Kier alpha value is -0.720. The molecule has 1 rings (SSSR count). The van der Waals surface area contributed by atoms with Crippen molar-refractivity contribution >= 4 is 0 Å². The first-order chi connectivity index (χ1) is 8.72. The van der Waals surface area contributed by atoms with Crippen LogP contribution in [0.2, 0.25) is 0 Å². The molecule has 0 atom stereocenters. The molecule has 1 aliphatic rings. The van der Waals surface area contributed by atoms with Gasteiger partial charge in [-0.25, -0.2) is 0 Å². The maximum absolute atomic E-state index is 2.47. The monoisotopic (exact) mass is 249 g/mol. The van der Waals surface area contributed by atoms with Crippen LogP contribution in [0.1, 0.15) is 72.1 Å². The van der Waals surface area contributed by atoms with Crippen molar-refractivity contribution in [2.75, 3.05) is 13.1 Å². The Labute approximate surface area is 114 Å². The molecule has 0 fully saturated rings. The zero-order valence-corrected chi connectivity index (χ0v) is 12.7. The third-order valence-electron chi connectivity index (χ3n) is 3.61. The summed E-state index contributed by atoms with van der Waals surface area (Å²) in [5.41, 5.74) is 2.90. The van der Waals surface area contributed by atoms with Gasteiger partial charge in [0.25, 0.3) is 0 Å². The Morgan fingerprint density at radius 1 is 0.944 bits per heavy atom. The molecule has 1 heteroatoms. The highest BCUT2D eigenvalue weighted by atomic mass is 15.1. The van der Waals surface area contributed by atoms with Crippen LogP contribution in [0, 0.1) is 0 Å². The van der Waals surface area contributed by atoms with E-state index in [1.165, 1.54) is 69.1 Å². The lowest BCUT2D eigenvalue weighted by Gasteiger charge is -2.25. The summed E-state index contributed by atoms with van der Waals surface area (Å²) in [7, 11) is 0. The summed E-state index contributed by atoms with van der Waals surface area (Å²) >= 11 is 0. The largest absolute Gasteiger partial charge is 0.373 e. The van der Waals surface area contributed by atoms with Gasteiger partial charge in [-0.2, -0.15) is 0 Å². The Balaban J connectivity index is 1.97. The van der Waals surface area contributed by atoms with Crippen LogP contribution >= 0.6 is 0 Å². The molecule has 1 nitrogen and oxygen atoms in total. The molecular formula is C17H31N. The topological polar surface area (TPSA) is 3.24 Å². The fraction of sp³-hybridized carbons (Fsp3) is 0.765. The second kappa shape index (κ2) is 9.24. The van der Waals surface area contributed by atoms with Gasteiger partial charge in [-0.3, -0.25) is 0 Å². The molecule has 0 spiro atoms. The van der Waals surface area contributed by atoms with E-state index in [4.69, 9.17) is 0 Å². The molecule has 0 aromatic rings. The van der Waals surface area contributed by atoms with Crippen LogP contribution in [0.25, 0.3) is 0 Å². The molecule has 104 valence electrons. The molecule has 0 bridgehead atoms. The summed E-state index contributed by atoms with van der Waals surface area (Å²) in [6.45, 7) is 9.08. The standard InChI is InChI=1S/C17H31N/c1-4-5-6-7-8-9-10-11-12-18-14-16(2)13-17(3)15-18/h13-14H,4-12,15H2,1-3H3. The smallest absolute Gasteiger partial charge is 0.0384 e. The molecule has 0 saturated carbocycles. The molecule has 1 heterocycles. The van der Waals surface area contributed by atoms with Gasteiger partial charge in [-0.05, 0) is 25.8 Å². The number of hydrogen-bond acceptors (Lipinski definition) is 1. The van der Waals surface area contributed by atoms with E-state index in [0.29, 0.717) is 0 Å². The van der Waals surface area contributed by atoms with Crippen LogP contribution in [-0.2, 0) is 0 Å². The first-order valence-corrected chi connectivity index (χ1v) is 7.82. The molecule has 0 aromatic heterocycles. The van der Waals surface area contributed by atoms with Gasteiger partial charge in [0.2, 0.25) is 0 Å². The summed E-state index contributed by atoms with van der Waals surface area (Å²) in [6.07, 6.45) is 15.9. The van der Waals surface area contributed by atoms with E-state index in [1.54, 1.807) is 0 Å². The molecule has 0 aromatic carbocycles. The summed E-state index contributed by atoms with van der Waals surface area (Å²) in [6, 6.07) is 0. The Bertz CT molecular complexity index is 275. The lowest BCUT2D eigenvalue weighted by Crippen LogP contribution is -2.23. The quantitative estimate of drug-likeness (QED) is 0.502. The van der Waals surface area contributed by atoms with Crippen LogP contribution in [0.4, 0.5) is 0 Å². The highest BCUT2D eigenvalue weighted by Gasteiger charge is 2.06. The van der Waals surface area contributed by atoms with Crippen molar-refractivity contribution in [3.63, 3.8) is 0 Å². The van der Waals surface area contributed by atoms with Crippen LogP contribution in [0.15, 0.2) is 23.4 Å². The van der Waals surface area contributed by atoms with Crippen molar-refractivity contribution in [1.29, 1.82) is 0 Å². The van der Waals surface area contributed by atoms with Gasteiger partial charge in [0.05, 0.1) is 0 Å². The third kappa shape index (κ3) is 6.88. The molecule has 0 N–H and O–H groups in total. The number of allylic oxidation sites excluding steroid dienone is 2. The predicted octanol–water partition coefficient (Wildman–Crippen LogP) is 5.29. The van der Waals surface area contributed by atoms with Gasteiger partial charge < -0.3 is 4.90 Å². The molecule has 0 unspecified atom stereocenters. The Morgan fingerprint density at radius 2 is 1.56 bits per heavy atom. The number of rotatable bonds is 9. The van der Waals surface area contributed by atoms with Crippen molar-refractivity contribution in [3.05, 3.63) is 23.4 Å². The lowest BCUT2D eigenvalue weighted by molar-refractivity contribution is 0.381.